The molecule has 1 aromatic heterocycles. The van der Waals surface area contributed by atoms with Crippen molar-refractivity contribution >= 4 is 27.6 Å². The van der Waals surface area contributed by atoms with Crippen molar-refractivity contribution < 1.29 is 4.39 Å². The summed E-state index contributed by atoms with van der Waals surface area (Å²) in [5, 5.41) is 3.21. The first kappa shape index (κ1) is 13.1. The molecule has 3 nitrogen and oxygen atoms in total. The Labute approximate surface area is 114 Å². The summed E-state index contributed by atoms with van der Waals surface area (Å²) in [5.74, 6) is 0.491. The summed E-state index contributed by atoms with van der Waals surface area (Å²) in [5.41, 5.74) is 1.74. The summed E-state index contributed by atoms with van der Waals surface area (Å²) in [7, 11) is 0. The van der Waals surface area contributed by atoms with Crippen molar-refractivity contribution in [3.05, 3.63) is 40.4 Å². The Bertz CT molecular complexity index is 563. The number of anilines is 2. The van der Waals surface area contributed by atoms with E-state index in [0.29, 0.717) is 10.5 Å². The topological polar surface area (TPSA) is 29.9 Å². The molecule has 0 aliphatic heterocycles. The summed E-state index contributed by atoms with van der Waals surface area (Å²) >= 11 is 3.33. The van der Waals surface area contributed by atoms with E-state index in [9.17, 15) is 4.39 Å². The lowest BCUT2D eigenvalue weighted by Crippen LogP contribution is -2.05. The SMILES string of the molecule is Cc1cn(C(C)C)c(Nc2ccc(F)cc2Br)n1. The second-order valence-electron chi connectivity index (χ2n) is 4.46. The molecule has 0 aliphatic rings. The van der Waals surface area contributed by atoms with Crippen LogP contribution in [-0.2, 0) is 0 Å². The number of hydrogen-bond donors (Lipinski definition) is 1. The summed E-state index contributed by atoms with van der Waals surface area (Å²) in [6.07, 6.45) is 1.99. The van der Waals surface area contributed by atoms with E-state index >= 15 is 0 Å². The fourth-order valence-corrected chi connectivity index (χ4v) is 2.16. The highest BCUT2D eigenvalue weighted by atomic mass is 79.9. The van der Waals surface area contributed by atoms with Crippen molar-refractivity contribution in [1.29, 1.82) is 0 Å². The molecule has 0 saturated heterocycles. The lowest BCUT2D eigenvalue weighted by atomic mass is 10.3. The molecule has 2 aromatic rings. The second kappa shape index (κ2) is 5.10. The Morgan fingerprint density at radius 1 is 1.39 bits per heavy atom. The molecule has 1 aromatic carbocycles. The molecule has 1 N–H and O–H groups in total. The summed E-state index contributed by atoms with van der Waals surface area (Å²) in [6.45, 7) is 6.13. The minimum atomic E-state index is -0.268. The maximum atomic E-state index is 13.0. The average molecular weight is 312 g/mol. The lowest BCUT2D eigenvalue weighted by Gasteiger charge is -2.13. The number of aromatic nitrogens is 2. The average Bonchev–Trinajstić information content (AvgIpc) is 2.64. The van der Waals surface area contributed by atoms with Crippen molar-refractivity contribution in [3.8, 4) is 0 Å². The first-order valence-corrected chi connectivity index (χ1v) is 6.54. The van der Waals surface area contributed by atoms with Gasteiger partial charge in [0.25, 0.3) is 0 Å². The van der Waals surface area contributed by atoms with Gasteiger partial charge in [0.2, 0.25) is 5.95 Å². The first-order valence-electron chi connectivity index (χ1n) is 5.75. The molecule has 0 amide bonds. The van der Waals surface area contributed by atoms with E-state index in [0.717, 1.165) is 17.3 Å². The van der Waals surface area contributed by atoms with Crippen LogP contribution in [0.5, 0.6) is 0 Å². The molecule has 0 aliphatic carbocycles. The molecular weight excluding hydrogens is 297 g/mol. The van der Waals surface area contributed by atoms with Gasteiger partial charge in [0.15, 0.2) is 0 Å². The van der Waals surface area contributed by atoms with Crippen molar-refractivity contribution in [2.45, 2.75) is 26.8 Å². The van der Waals surface area contributed by atoms with Crippen LogP contribution in [0, 0.1) is 12.7 Å². The third kappa shape index (κ3) is 2.72. The number of benzene rings is 1. The van der Waals surface area contributed by atoms with Crippen molar-refractivity contribution in [1.82, 2.24) is 9.55 Å². The Morgan fingerprint density at radius 2 is 2.11 bits per heavy atom. The highest BCUT2D eigenvalue weighted by Crippen LogP contribution is 2.27. The van der Waals surface area contributed by atoms with Crippen LogP contribution in [0.3, 0.4) is 0 Å². The van der Waals surface area contributed by atoms with Crippen LogP contribution in [0.2, 0.25) is 0 Å². The highest BCUT2D eigenvalue weighted by molar-refractivity contribution is 9.10. The molecule has 0 unspecified atom stereocenters. The Kier molecular flexibility index (Phi) is 3.71. The zero-order valence-electron chi connectivity index (χ0n) is 10.5. The minimum Gasteiger partial charge on any atom is -0.325 e. The molecule has 0 spiro atoms. The number of imidazole rings is 1. The Balaban J connectivity index is 2.33. The van der Waals surface area contributed by atoms with Gasteiger partial charge in [-0.25, -0.2) is 9.37 Å². The first-order chi connectivity index (χ1) is 8.47. The summed E-state index contributed by atoms with van der Waals surface area (Å²) < 4.78 is 15.7. The zero-order valence-corrected chi connectivity index (χ0v) is 12.1. The van der Waals surface area contributed by atoms with Crippen LogP contribution in [0.1, 0.15) is 25.6 Å². The second-order valence-corrected chi connectivity index (χ2v) is 5.31. The van der Waals surface area contributed by atoms with E-state index in [4.69, 9.17) is 0 Å². The van der Waals surface area contributed by atoms with Crippen LogP contribution in [0.15, 0.2) is 28.9 Å². The third-order valence-corrected chi connectivity index (χ3v) is 3.24. The maximum Gasteiger partial charge on any atom is 0.207 e. The molecule has 0 bridgehead atoms. The standard InChI is InChI=1S/C13H15BrFN3/c1-8(2)18-7-9(3)16-13(18)17-12-5-4-10(15)6-11(12)14/h4-8H,1-3H3,(H,16,17). The van der Waals surface area contributed by atoms with E-state index in [2.05, 4.69) is 40.1 Å². The quantitative estimate of drug-likeness (QED) is 0.909. The maximum absolute atomic E-state index is 13.0. The lowest BCUT2D eigenvalue weighted by molar-refractivity contribution is 0.607. The normalized spacial score (nSPS) is 11.0. The van der Waals surface area contributed by atoms with Crippen LogP contribution >= 0.6 is 15.9 Å². The van der Waals surface area contributed by atoms with Crippen molar-refractivity contribution in [2.75, 3.05) is 5.32 Å². The number of rotatable bonds is 3. The fourth-order valence-electron chi connectivity index (χ4n) is 1.71. The summed E-state index contributed by atoms with van der Waals surface area (Å²) in [4.78, 5) is 4.43. The monoisotopic (exact) mass is 311 g/mol. The van der Waals surface area contributed by atoms with E-state index in [1.165, 1.54) is 12.1 Å². The van der Waals surface area contributed by atoms with Crippen molar-refractivity contribution in [2.24, 2.45) is 0 Å². The van der Waals surface area contributed by atoms with Gasteiger partial charge < -0.3 is 9.88 Å². The van der Waals surface area contributed by atoms with Crippen LogP contribution < -0.4 is 5.32 Å². The molecule has 1 heterocycles. The zero-order chi connectivity index (χ0) is 13.3. The van der Waals surface area contributed by atoms with Crippen LogP contribution in [-0.4, -0.2) is 9.55 Å². The van der Waals surface area contributed by atoms with Crippen molar-refractivity contribution in [3.63, 3.8) is 0 Å². The van der Waals surface area contributed by atoms with Gasteiger partial charge in [0.1, 0.15) is 5.82 Å². The Morgan fingerprint density at radius 3 is 2.72 bits per heavy atom. The van der Waals surface area contributed by atoms with Gasteiger partial charge in [-0.15, -0.1) is 0 Å². The van der Waals surface area contributed by atoms with Crippen LogP contribution in [0.25, 0.3) is 0 Å². The van der Waals surface area contributed by atoms with Gasteiger partial charge in [-0.1, -0.05) is 0 Å². The predicted octanol–water partition coefficient (Wildman–Crippen LogP) is 4.42. The molecule has 0 saturated carbocycles. The Hall–Kier alpha value is -1.36. The number of aryl methyl sites for hydroxylation is 1. The van der Waals surface area contributed by atoms with E-state index in [-0.39, 0.29) is 5.82 Å². The molecule has 0 atom stereocenters. The number of nitrogens with one attached hydrogen (secondary N) is 1. The van der Waals surface area contributed by atoms with Crippen LogP contribution in [0.4, 0.5) is 16.0 Å². The largest absolute Gasteiger partial charge is 0.325 e. The van der Waals surface area contributed by atoms with Gasteiger partial charge in [-0.05, 0) is 54.9 Å². The van der Waals surface area contributed by atoms with Gasteiger partial charge in [0, 0.05) is 16.7 Å². The molecule has 96 valence electrons. The van der Waals surface area contributed by atoms with E-state index in [1.54, 1.807) is 6.07 Å². The number of nitrogens with zero attached hydrogens (tertiary/aromatic N) is 2. The van der Waals surface area contributed by atoms with E-state index in [1.807, 2.05) is 17.7 Å². The summed E-state index contributed by atoms with van der Waals surface area (Å²) in [6, 6.07) is 4.85. The fraction of sp³-hybridized carbons (Fsp3) is 0.308. The third-order valence-electron chi connectivity index (χ3n) is 2.59. The van der Waals surface area contributed by atoms with E-state index < -0.39 is 0 Å². The van der Waals surface area contributed by atoms with Gasteiger partial charge >= 0.3 is 0 Å². The van der Waals surface area contributed by atoms with Gasteiger partial charge in [0.05, 0.1) is 11.4 Å². The minimum absolute atomic E-state index is 0.268. The van der Waals surface area contributed by atoms with Gasteiger partial charge in [-0.3, -0.25) is 0 Å². The molecule has 0 radical (unpaired) electrons. The molecular formula is C13H15BrFN3. The number of hydrogen-bond acceptors (Lipinski definition) is 2. The smallest absolute Gasteiger partial charge is 0.207 e. The van der Waals surface area contributed by atoms with Gasteiger partial charge in [-0.2, -0.15) is 0 Å². The number of halogens is 2. The molecule has 2 rings (SSSR count). The molecule has 0 fully saturated rings. The highest BCUT2D eigenvalue weighted by Gasteiger charge is 2.10. The molecule has 18 heavy (non-hydrogen) atoms. The molecule has 5 heteroatoms. The predicted molar refractivity (Wildman–Crippen MR) is 74.7 cm³/mol.